The van der Waals surface area contributed by atoms with Gasteiger partial charge in [-0.15, -0.1) is 0 Å². The Bertz CT molecular complexity index is 1220. The van der Waals surface area contributed by atoms with Crippen LogP contribution in [0.4, 0.5) is 11.4 Å². The van der Waals surface area contributed by atoms with E-state index in [1.54, 1.807) is 24.3 Å². The molecular weight excluding hydrogens is 372 g/mol. The van der Waals surface area contributed by atoms with Crippen LogP contribution in [0.3, 0.4) is 0 Å². The van der Waals surface area contributed by atoms with Crippen LogP contribution in [0.5, 0.6) is 0 Å². The summed E-state index contributed by atoms with van der Waals surface area (Å²) in [5.74, 6) is -0.553. The number of carbonyl (C=O) groups excluding carboxylic acids is 2. The monoisotopic (exact) mass is 390 g/mol. The summed E-state index contributed by atoms with van der Waals surface area (Å²) in [7, 11) is 0. The van der Waals surface area contributed by atoms with Crippen LogP contribution in [0.1, 0.15) is 31.8 Å². The molecular formula is C26H18N2O2. The highest BCUT2D eigenvalue weighted by Crippen LogP contribution is 2.47. The highest BCUT2D eigenvalue weighted by Gasteiger charge is 2.36. The molecule has 0 saturated carbocycles. The zero-order valence-electron chi connectivity index (χ0n) is 16.1. The second kappa shape index (κ2) is 6.71. The van der Waals surface area contributed by atoms with Crippen molar-refractivity contribution in [1.82, 2.24) is 0 Å². The third-order valence-corrected chi connectivity index (χ3v) is 5.57. The summed E-state index contributed by atoms with van der Waals surface area (Å²) in [6.45, 7) is 0. The predicted molar refractivity (Wildman–Crippen MR) is 119 cm³/mol. The maximum Gasteiger partial charge on any atom is 0.196 e. The molecule has 5 rings (SSSR count). The lowest BCUT2D eigenvalue weighted by Crippen LogP contribution is -2.25. The number of nitrogen functional groups attached to an aromatic ring is 2. The number of rotatable bonds is 2. The van der Waals surface area contributed by atoms with Crippen LogP contribution < -0.4 is 11.5 Å². The summed E-state index contributed by atoms with van der Waals surface area (Å²) in [4.78, 5) is 26.7. The van der Waals surface area contributed by atoms with Crippen LogP contribution in [-0.4, -0.2) is 11.6 Å². The maximum absolute atomic E-state index is 13.4. The molecule has 144 valence electrons. The summed E-state index contributed by atoms with van der Waals surface area (Å²) < 4.78 is 0. The quantitative estimate of drug-likeness (QED) is 0.417. The first-order chi connectivity index (χ1) is 14.6. The van der Waals surface area contributed by atoms with E-state index in [9.17, 15) is 9.59 Å². The molecule has 0 fully saturated rings. The normalized spacial score (nSPS) is 12.4. The Morgan fingerprint density at radius 1 is 0.433 bits per heavy atom. The second-order valence-corrected chi connectivity index (χ2v) is 7.26. The molecule has 0 saturated heterocycles. The summed E-state index contributed by atoms with van der Waals surface area (Å²) >= 11 is 0. The van der Waals surface area contributed by atoms with Crippen molar-refractivity contribution in [1.29, 1.82) is 0 Å². The first-order valence-electron chi connectivity index (χ1n) is 9.63. The molecule has 0 atom stereocenters. The molecule has 30 heavy (non-hydrogen) atoms. The first kappa shape index (κ1) is 17.9. The summed E-state index contributed by atoms with van der Waals surface area (Å²) in [5.41, 5.74) is 17.9. The fourth-order valence-electron chi connectivity index (χ4n) is 4.22. The highest BCUT2D eigenvalue weighted by molar-refractivity contribution is 6.33. The number of nitrogens with two attached hydrogens (primary N) is 2. The molecule has 4 aromatic rings. The van der Waals surface area contributed by atoms with Crippen molar-refractivity contribution in [2.75, 3.05) is 11.5 Å². The fraction of sp³-hybridized carbons (Fsp3) is 0. The number of ketones is 2. The summed E-state index contributed by atoms with van der Waals surface area (Å²) in [6.07, 6.45) is 0. The number of hydrogen-bond donors (Lipinski definition) is 2. The SMILES string of the molecule is Nc1c2c(c(N)c(-c3ccccc3)c1-c1ccccc1)C(=O)c1ccccc1C2=O. The lowest BCUT2D eigenvalue weighted by molar-refractivity contribution is 0.0980. The number of hydrogen-bond acceptors (Lipinski definition) is 4. The molecule has 0 radical (unpaired) electrons. The molecule has 0 bridgehead atoms. The average molecular weight is 390 g/mol. The van der Waals surface area contributed by atoms with E-state index in [-0.39, 0.29) is 34.1 Å². The van der Waals surface area contributed by atoms with Crippen molar-refractivity contribution < 1.29 is 9.59 Å². The second-order valence-electron chi connectivity index (χ2n) is 7.26. The molecule has 4 nitrogen and oxygen atoms in total. The summed E-state index contributed by atoms with van der Waals surface area (Å²) in [5, 5.41) is 0. The van der Waals surface area contributed by atoms with Crippen molar-refractivity contribution in [3.05, 3.63) is 107 Å². The van der Waals surface area contributed by atoms with E-state index >= 15 is 0 Å². The van der Waals surface area contributed by atoms with Crippen LogP contribution >= 0.6 is 0 Å². The van der Waals surface area contributed by atoms with Crippen LogP contribution in [-0.2, 0) is 0 Å². The molecule has 0 heterocycles. The zero-order chi connectivity index (χ0) is 20.8. The van der Waals surface area contributed by atoms with Crippen molar-refractivity contribution in [3.8, 4) is 22.3 Å². The minimum atomic E-state index is -0.277. The smallest absolute Gasteiger partial charge is 0.196 e. The Hall–Kier alpha value is -4.18. The highest BCUT2D eigenvalue weighted by atomic mass is 16.1. The Kier molecular flexibility index (Phi) is 4.00. The zero-order valence-corrected chi connectivity index (χ0v) is 16.1. The minimum absolute atomic E-state index is 0.190. The van der Waals surface area contributed by atoms with Gasteiger partial charge in [0, 0.05) is 22.3 Å². The molecule has 4 aromatic carbocycles. The number of anilines is 2. The molecule has 1 aliphatic rings. The Balaban J connectivity index is 1.93. The van der Waals surface area contributed by atoms with Gasteiger partial charge in [-0.3, -0.25) is 9.59 Å². The van der Waals surface area contributed by atoms with Crippen LogP contribution in [0.2, 0.25) is 0 Å². The van der Waals surface area contributed by atoms with Crippen LogP contribution in [0.25, 0.3) is 22.3 Å². The van der Waals surface area contributed by atoms with Gasteiger partial charge in [0.25, 0.3) is 0 Å². The lowest BCUT2D eigenvalue weighted by Gasteiger charge is -2.26. The van der Waals surface area contributed by atoms with Gasteiger partial charge in [0.1, 0.15) is 0 Å². The van der Waals surface area contributed by atoms with E-state index in [0.29, 0.717) is 22.3 Å². The lowest BCUT2D eigenvalue weighted by atomic mass is 9.77. The molecule has 1 aliphatic carbocycles. The van der Waals surface area contributed by atoms with Gasteiger partial charge in [-0.25, -0.2) is 0 Å². The van der Waals surface area contributed by atoms with E-state index in [2.05, 4.69) is 0 Å². The number of benzene rings is 4. The number of fused-ring (bicyclic) bond motifs is 2. The van der Waals surface area contributed by atoms with Gasteiger partial charge in [-0.05, 0) is 11.1 Å². The maximum atomic E-state index is 13.4. The van der Waals surface area contributed by atoms with Gasteiger partial charge in [-0.1, -0.05) is 84.9 Å². The van der Waals surface area contributed by atoms with Gasteiger partial charge in [0.05, 0.1) is 22.5 Å². The van der Waals surface area contributed by atoms with Crippen LogP contribution in [0.15, 0.2) is 84.9 Å². The molecule has 0 unspecified atom stereocenters. The van der Waals surface area contributed by atoms with Crippen LogP contribution in [0, 0.1) is 0 Å². The van der Waals surface area contributed by atoms with Crippen molar-refractivity contribution in [3.63, 3.8) is 0 Å². The van der Waals surface area contributed by atoms with Gasteiger partial charge < -0.3 is 11.5 Å². The Morgan fingerprint density at radius 3 is 1.13 bits per heavy atom. The van der Waals surface area contributed by atoms with Crippen molar-refractivity contribution in [2.24, 2.45) is 0 Å². The van der Waals surface area contributed by atoms with Gasteiger partial charge in [0.15, 0.2) is 11.6 Å². The fourth-order valence-corrected chi connectivity index (χ4v) is 4.22. The molecule has 4 N–H and O–H groups in total. The van der Waals surface area contributed by atoms with E-state index in [1.807, 2.05) is 60.7 Å². The molecule has 0 aromatic heterocycles. The van der Waals surface area contributed by atoms with E-state index in [0.717, 1.165) is 11.1 Å². The predicted octanol–water partition coefficient (Wildman–Crippen LogP) is 4.96. The molecule has 0 spiro atoms. The molecule has 0 amide bonds. The van der Waals surface area contributed by atoms with E-state index in [1.165, 1.54) is 0 Å². The van der Waals surface area contributed by atoms with Crippen molar-refractivity contribution in [2.45, 2.75) is 0 Å². The van der Waals surface area contributed by atoms with E-state index in [4.69, 9.17) is 11.5 Å². The molecule has 4 heteroatoms. The summed E-state index contributed by atoms with van der Waals surface area (Å²) in [6, 6.07) is 25.9. The van der Waals surface area contributed by atoms with Gasteiger partial charge in [0.2, 0.25) is 0 Å². The van der Waals surface area contributed by atoms with Crippen molar-refractivity contribution >= 4 is 22.9 Å². The standard InChI is InChI=1S/C26H18N2O2/c27-23-19(15-9-3-1-4-10-15)20(16-11-5-2-6-12-16)24(28)22-21(23)25(29)17-13-7-8-14-18(17)26(22)30/h1-14H,27-28H2. The topological polar surface area (TPSA) is 86.2 Å². The minimum Gasteiger partial charge on any atom is -0.398 e. The third kappa shape index (κ3) is 2.47. The van der Waals surface area contributed by atoms with E-state index < -0.39 is 0 Å². The van der Waals surface area contributed by atoms with Gasteiger partial charge in [-0.2, -0.15) is 0 Å². The first-order valence-corrected chi connectivity index (χ1v) is 9.63. The largest absolute Gasteiger partial charge is 0.398 e. The Morgan fingerprint density at radius 2 is 0.767 bits per heavy atom. The third-order valence-electron chi connectivity index (χ3n) is 5.57. The van der Waals surface area contributed by atoms with Gasteiger partial charge >= 0.3 is 0 Å². The molecule has 0 aliphatic heterocycles. The number of carbonyl (C=O) groups is 2. The average Bonchev–Trinajstić information content (AvgIpc) is 2.79. The Labute approximate surface area is 173 Å².